The van der Waals surface area contributed by atoms with Crippen LogP contribution in [0.5, 0.6) is 5.75 Å². The van der Waals surface area contributed by atoms with Gasteiger partial charge in [0.1, 0.15) is 5.75 Å². The molecule has 0 amide bonds. The molecule has 5 heteroatoms. The van der Waals surface area contributed by atoms with Crippen LogP contribution in [0.3, 0.4) is 0 Å². The summed E-state index contributed by atoms with van der Waals surface area (Å²) in [4.78, 5) is 3.76. The van der Waals surface area contributed by atoms with Gasteiger partial charge in [-0.25, -0.2) is 13.4 Å². The minimum atomic E-state index is -3.51. The van der Waals surface area contributed by atoms with Gasteiger partial charge in [-0.2, -0.15) is 0 Å². The molecule has 0 fully saturated rings. The van der Waals surface area contributed by atoms with Gasteiger partial charge in [-0.15, -0.1) is 0 Å². The van der Waals surface area contributed by atoms with E-state index in [9.17, 15) is 13.5 Å². The summed E-state index contributed by atoms with van der Waals surface area (Å²) in [6, 6.07) is 11.3. The van der Waals surface area contributed by atoms with Crippen molar-refractivity contribution in [3.05, 3.63) is 54.2 Å². The molecule has 0 bridgehead atoms. The molecule has 1 aromatic heterocycles. The van der Waals surface area contributed by atoms with E-state index in [0.717, 1.165) is 6.07 Å². The summed E-state index contributed by atoms with van der Waals surface area (Å²) in [7, 11) is -3.51. The number of hydrogen-bond acceptors (Lipinski definition) is 4. The lowest BCUT2D eigenvalue weighted by Crippen LogP contribution is -2.06. The van der Waals surface area contributed by atoms with E-state index in [1.165, 1.54) is 12.3 Å². The molecule has 0 spiro atoms. The second-order valence-electron chi connectivity index (χ2n) is 3.60. The lowest BCUT2D eigenvalue weighted by Gasteiger charge is -2.03. The smallest absolute Gasteiger partial charge is 0.199 e. The number of sulfone groups is 1. The van der Waals surface area contributed by atoms with Gasteiger partial charge in [-0.1, -0.05) is 30.3 Å². The Labute approximate surface area is 99.5 Å². The van der Waals surface area contributed by atoms with Crippen LogP contribution in [0.15, 0.2) is 53.7 Å². The van der Waals surface area contributed by atoms with Crippen LogP contribution in [0.25, 0.3) is 0 Å². The van der Waals surface area contributed by atoms with E-state index in [0.29, 0.717) is 5.56 Å². The highest BCUT2D eigenvalue weighted by atomic mass is 32.2. The van der Waals surface area contributed by atoms with E-state index < -0.39 is 9.84 Å². The molecule has 4 nitrogen and oxygen atoms in total. The van der Waals surface area contributed by atoms with Crippen LogP contribution >= 0.6 is 0 Å². The van der Waals surface area contributed by atoms with Gasteiger partial charge in [0, 0.05) is 12.3 Å². The van der Waals surface area contributed by atoms with E-state index in [1.54, 1.807) is 24.3 Å². The first-order valence-electron chi connectivity index (χ1n) is 5.00. The van der Waals surface area contributed by atoms with E-state index in [1.807, 2.05) is 6.07 Å². The minimum Gasteiger partial charge on any atom is -0.508 e. The maximum absolute atomic E-state index is 12.0. The molecule has 0 aliphatic carbocycles. The average Bonchev–Trinajstić information content (AvgIpc) is 2.30. The number of pyridine rings is 1. The highest BCUT2D eigenvalue weighted by Gasteiger charge is 2.17. The largest absolute Gasteiger partial charge is 0.508 e. The van der Waals surface area contributed by atoms with Crippen LogP contribution in [-0.2, 0) is 15.6 Å². The number of benzene rings is 1. The van der Waals surface area contributed by atoms with Gasteiger partial charge in [0.25, 0.3) is 0 Å². The number of aromatic nitrogens is 1. The fourth-order valence-corrected chi connectivity index (χ4v) is 2.74. The van der Waals surface area contributed by atoms with Gasteiger partial charge in [0.05, 0.1) is 5.75 Å². The summed E-state index contributed by atoms with van der Waals surface area (Å²) in [6.07, 6.45) is 1.27. The van der Waals surface area contributed by atoms with Crippen LogP contribution in [0.4, 0.5) is 0 Å². The monoisotopic (exact) mass is 249 g/mol. The van der Waals surface area contributed by atoms with Crippen molar-refractivity contribution in [3.63, 3.8) is 0 Å². The molecule has 0 saturated carbocycles. The van der Waals surface area contributed by atoms with Gasteiger partial charge in [0.2, 0.25) is 0 Å². The molecule has 0 atom stereocenters. The third-order valence-electron chi connectivity index (χ3n) is 2.24. The molecule has 2 aromatic rings. The summed E-state index contributed by atoms with van der Waals surface area (Å²) < 4.78 is 24.0. The summed E-state index contributed by atoms with van der Waals surface area (Å²) in [6.45, 7) is 0. The van der Waals surface area contributed by atoms with Crippen LogP contribution in [0.2, 0.25) is 0 Å². The molecule has 17 heavy (non-hydrogen) atoms. The molecule has 0 aliphatic heterocycles. The second-order valence-corrected chi connectivity index (χ2v) is 5.53. The summed E-state index contributed by atoms with van der Waals surface area (Å²) in [5.74, 6) is -0.226. The molecule has 0 saturated heterocycles. The first-order chi connectivity index (χ1) is 8.08. The lowest BCUT2D eigenvalue weighted by molar-refractivity contribution is 0.471. The maximum atomic E-state index is 12.0. The molecule has 1 heterocycles. The van der Waals surface area contributed by atoms with Crippen molar-refractivity contribution in [2.45, 2.75) is 10.8 Å². The Morgan fingerprint density at radius 2 is 1.82 bits per heavy atom. The Morgan fingerprint density at radius 1 is 1.12 bits per heavy atom. The standard InChI is InChI=1S/C12H11NO3S/c14-11-6-7-13-12(8-11)17(15,16)9-10-4-2-1-3-5-10/h1-8H,9H2,(H,13,14). The zero-order valence-corrected chi connectivity index (χ0v) is 9.76. The van der Waals surface area contributed by atoms with Gasteiger partial charge in [-0.3, -0.25) is 0 Å². The molecular weight excluding hydrogens is 238 g/mol. The summed E-state index contributed by atoms with van der Waals surface area (Å²) in [5.41, 5.74) is 0.692. The first kappa shape index (κ1) is 11.6. The zero-order valence-electron chi connectivity index (χ0n) is 8.95. The molecule has 0 aliphatic rings. The van der Waals surface area contributed by atoms with Crippen molar-refractivity contribution in [2.24, 2.45) is 0 Å². The van der Waals surface area contributed by atoms with Gasteiger partial charge in [-0.05, 0) is 11.6 Å². The molecule has 0 radical (unpaired) electrons. The Morgan fingerprint density at radius 3 is 2.47 bits per heavy atom. The van der Waals surface area contributed by atoms with Crippen LogP contribution < -0.4 is 0 Å². The quantitative estimate of drug-likeness (QED) is 0.900. The lowest BCUT2D eigenvalue weighted by atomic mass is 10.2. The topological polar surface area (TPSA) is 67.3 Å². The van der Waals surface area contributed by atoms with E-state index in [2.05, 4.69) is 4.98 Å². The Balaban J connectivity index is 2.32. The Kier molecular flexibility index (Phi) is 3.10. The molecular formula is C12H11NO3S. The number of rotatable bonds is 3. The maximum Gasteiger partial charge on any atom is 0.199 e. The van der Waals surface area contributed by atoms with Crippen molar-refractivity contribution in [1.82, 2.24) is 4.98 Å². The number of aromatic hydroxyl groups is 1. The third-order valence-corrected chi connectivity index (χ3v) is 3.81. The normalized spacial score (nSPS) is 11.3. The van der Waals surface area contributed by atoms with Crippen molar-refractivity contribution in [3.8, 4) is 5.75 Å². The molecule has 1 N–H and O–H groups in total. The summed E-state index contributed by atoms with van der Waals surface area (Å²) >= 11 is 0. The SMILES string of the molecule is O=S(=O)(Cc1ccccc1)c1cc(O)ccn1. The fraction of sp³-hybridized carbons (Fsp3) is 0.0833. The van der Waals surface area contributed by atoms with Crippen molar-refractivity contribution in [1.29, 1.82) is 0 Å². The molecule has 1 aromatic carbocycles. The van der Waals surface area contributed by atoms with E-state index in [4.69, 9.17) is 0 Å². The predicted molar refractivity (Wildman–Crippen MR) is 63.2 cm³/mol. The van der Waals surface area contributed by atoms with Crippen LogP contribution in [-0.4, -0.2) is 18.5 Å². The zero-order chi connectivity index (χ0) is 12.3. The number of nitrogens with zero attached hydrogens (tertiary/aromatic N) is 1. The highest BCUT2D eigenvalue weighted by molar-refractivity contribution is 7.90. The van der Waals surface area contributed by atoms with Crippen molar-refractivity contribution >= 4 is 9.84 Å². The molecule has 88 valence electrons. The third kappa shape index (κ3) is 2.82. The molecule has 0 unspecified atom stereocenters. The second kappa shape index (κ2) is 4.55. The summed E-state index contributed by atoms with van der Waals surface area (Å²) in [5, 5.41) is 9.13. The highest BCUT2D eigenvalue weighted by Crippen LogP contribution is 2.17. The van der Waals surface area contributed by atoms with Crippen molar-refractivity contribution in [2.75, 3.05) is 0 Å². The Bertz CT molecular complexity index is 609. The number of hydrogen-bond donors (Lipinski definition) is 1. The van der Waals surface area contributed by atoms with Crippen LogP contribution in [0.1, 0.15) is 5.56 Å². The van der Waals surface area contributed by atoms with E-state index in [-0.39, 0.29) is 16.5 Å². The van der Waals surface area contributed by atoms with E-state index >= 15 is 0 Å². The van der Waals surface area contributed by atoms with Gasteiger partial charge in [0.15, 0.2) is 14.9 Å². The molecule has 2 rings (SSSR count). The Hall–Kier alpha value is -1.88. The van der Waals surface area contributed by atoms with Crippen LogP contribution in [0, 0.1) is 0 Å². The minimum absolute atomic E-state index is 0.105. The first-order valence-corrected chi connectivity index (χ1v) is 6.65. The average molecular weight is 249 g/mol. The predicted octanol–water partition coefficient (Wildman–Crippen LogP) is 1.76. The van der Waals surface area contributed by atoms with Crippen molar-refractivity contribution < 1.29 is 13.5 Å². The fourth-order valence-electron chi connectivity index (χ4n) is 1.44. The van der Waals surface area contributed by atoms with Gasteiger partial charge < -0.3 is 5.11 Å². The van der Waals surface area contributed by atoms with Gasteiger partial charge >= 0.3 is 0 Å².